The molecule has 4 rings (SSSR count). The third-order valence-electron chi connectivity index (χ3n) is 4.80. The summed E-state index contributed by atoms with van der Waals surface area (Å²) < 4.78 is 5.56. The van der Waals surface area contributed by atoms with Gasteiger partial charge in [0.05, 0.1) is 7.11 Å². The summed E-state index contributed by atoms with van der Waals surface area (Å²) in [4.78, 5) is 11.7. The minimum Gasteiger partial charge on any atom is -0.494 e. The number of para-hydroxylation sites is 1. The van der Waals surface area contributed by atoms with Crippen LogP contribution in [-0.2, 0) is 13.1 Å². The highest BCUT2D eigenvalue weighted by molar-refractivity contribution is 5.94. The van der Waals surface area contributed by atoms with Gasteiger partial charge in [0, 0.05) is 25.5 Å². The van der Waals surface area contributed by atoms with E-state index < -0.39 is 0 Å². The summed E-state index contributed by atoms with van der Waals surface area (Å²) in [5, 5.41) is 4.42. The molecule has 0 unspecified atom stereocenters. The predicted octanol–water partition coefficient (Wildman–Crippen LogP) is 4.89. The Labute approximate surface area is 171 Å². The number of fused-ring (bicyclic) bond motifs is 1. The molecule has 146 valence electrons. The van der Waals surface area contributed by atoms with Gasteiger partial charge in [-0.25, -0.2) is 4.98 Å². The molecule has 1 N–H and O–H groups in total. The molecule has 3 aromatic carbocycles. The lowest BCUT2D eigenvalue weighted by molar-refractivity contribution is 0.419. The van der Waals surface area contributed by atoms with Gasteiger partial charge in [-0.1, -0.05) is 66.7 Å². The van der Waals surface area contributed by atoms with Gasteiger partial charge in [-0.05, 0) is 23.3 Å². The molecule has 0 radical (unpaired) electrons. The van der Waals surface area contributed by atoms with E-state index in [4.69, 9.17) is 14.7 Å². The van der Waals surface area contributed by atoms with Crippen molar-refractivity contribution in [2.24, 2.45) is 0 Å². The molecule has 0 bridgehead atoms. The zero-order valence-electron chi connectivity index (χ0n) is 16.7. The van der Waals surface area contributed by atoms with Gasteiger partial charge in [-0.15, -0.1) is 0 Å². The van der Waals surface area contributed by atoms with Crippen LogP contribution in [-0.4, -0.2) is 24.1 Å². The van der Waals surface area contributed by atoms with Gasteiger partial charge < -0.3 is 15.0 Å². The second-order valence-electron chi connectivity index (χ2n) is 6.91. The molecule has 1 heterocycles. The molecule has 5 nitrogen and oxygen atoms in total. The van der Waals surface area contributed by atoms with Crippen LogP contribution in [0.15, 0.2) is 78.9 Å². The van der Waals surface area contributed by atoms with Crippen molar-refractivity contribution in [1.29, 1.82) is 0 Å². The number of hydrogen-bond donors (Lipinski definition) is 1. The maximum atomic E-state index is 5.56. The van der Waals surface area contributed by atoms with Gasteiger partial charge in [0.25, 0.3) is 0 Å². The molecule has 29 heavy (non-hydrogen) atoms. The number of benzene rings is 3. The minimum atomic E-state index is 0.654. The fourth-order valence-electron chi connectivity index (χ4n) is 3.29. The normalized spacial score (nSPS) is 10.7. The van der Waals surface area contributed by atoms with E-state index in [9.17, 15) is 0 Å². The van der Waals surface area contributed by atoms with Crippen molar-refractivity contribution < 1.29 is 4.74 Å². The van der Waals surface area contributed by atoms with Gasteiger partial charge in [0.15, 0.2) is 0 Å². The first-order chi connectivity index (χ1) is 14.2. The summed E-state index contributed by atoms with van der Waals surface area (Å²) in [6.07, 6.45) is 0. The first kappa shape index (κ1) is 18.7. The third-order valence-corrected chi connectivity index (χ3v) is 4.80. The number of anilines is 2. The number of nitrogens with one attached hydrogen (secondary N) is 1. The smallest absolute Gasteiger partial charge is 0.228 e. The Kier molecular flexibility index (Phi) is 5.56. The molecule has 0 atom stereocenters. The molecule has 0 amide bonds. The maximum absolute atomic E-state index is 5.56. The summed E-state index contributed by atoms with van der Waals surface area (Å²) in [5.41, 5.74) is 3.20. The molecule has 5 heteroatoms. The van der Waals surface area contributed by atoms with Crippen molar-refractivity contribution in [2.75, 3.05) is 24.4 Å². The molecule has 0 saturated carbocycles. The van der Waals surface area contributed by atoms with E-state index in [0.717, 1.165) is 29.0 Å². The highest BCUT2D eigenvalue weighted by Crippen LogP contribution is 2.30. The first-order valence-corrected chi connectivity index (χ1v) is 9.62. The molecule has 0 fully saturated rings. The topological polar surface area (TPSA) is 50.3 Å². The van der Waals surface area contributed by atoms with Gasteiger partial charge in [-0.3, -0.25) is 0 Å². The Morgan fingerprint density at radius 3 is 2.21 bits per heavy atom. The third kappa shape index (κ3) is 4.29. The standard InChI is InChI=1S/C24H24N4O/c1-28(17-19-12-7-4-8-13-19)24-26-22-20(14-9-15-21(22)29-2)23(27-24)25-16-18-10-5-3-6-11-18/h3-15H,16-17H2,1-2H3,(H,25,26,27). The van der Waals surface area contributed by atoms with Crippen molar-refractivity contribution in [2.45, 2.75) is 13.1 Å². The molecular formula is C24H24N4O. The van der Waals surface area contributed by atoms with Crippen LogP contribution in [0.25, 0.3) is 10.9 Å². The second kappa shape index (κ2) is 8.61. The van der Waals surface area contributed by atoms with Crippen molar-refractivity contribution in [1.82, 2.24) is 9.97 Å². The van der Waals surface area contributed by atoms with Crippen LogP contribution in [0.4, 0.5) is 11.8 Å². The Morgan fingerprint density at radius 1 is 0.828 bits per heavy atom. The van der Waals surface area contributed by atoms with Crippen LogP contribution in [0.5, 0.6) is 5.75 Å². The summed E-state index contributed by atoms with van der Waals surface area (Å²) in [6.45, 7) is 1.41. The second-order valence-corrected chi connectivity index (χ2v) is 6.91. The zero-order chi connectivity index (χ0) is 20.1. The first-order valence-electron chi connectivity index (χ1n) is 9.62. The van der Waals surface area contributed by atoms with Crippen LogP contribution in [0.3, 0.4) is 0 Å². The van der Waals surface area contributed by atoms with Crippen molar-refractivity contribution >= 4 is 22.7 Å². The van der Waals surface area contributed by atoms with Crippen LogP contribution < -0.4 is 15.0 Å². The summed E-state index contributed by atoms with van der Waals surface area (Å²) in [7, 11) is 3.67. The summed E-state index contributed by atoms with van der Waals surface area (Å²) in [6, 6.07) is 26.5. The fourth-order valence-corrected chi connectivity index (χ4v) is 3.29. The SMILES string of the molecule is COc1cccc2c(NCc3ccccc3)nc(N(C)Cc3ccccc3)nc12. The van der Waals surface area contributed by atoms with Crippen LogP contribution in [0.1, 0.15) is 11.1 Å². The van der Waals surface area contributed by atoms with Gasteiger partial charge in [-0.2, -0.15) is 4.98 Å². The zero-order valence-corrected chi connectivity index (χ0v) is 16.7. The van der Waals surface area contributed by atoms with E-state index in [-0.39, 0.29) is 0 Å². The summed E-state index contributed by atoms with van der Waals surface area (Å²) in [5.74, 6) is 2.19. The monoisotopic (exact) mass is 384 g/mol. The van der Waals surface area contributed by atoms with Crippen molar-refractivity contribution in [3.05, 3.63) is 90.0 Å². The Morgan fingerprint density at radius 2 is 1.52 bits per heavy atom. The molecule has 0 aliphatic rings. The van der Waals surface area contributed by atoms with Crippen LogP contribution >= 0.6 is 0 Å². The highest BCUT2D eigenvalue weighted by atomic mass is 16.5. The molecule has 0 spiro atoms. The highest BCUT2D eigenvalue weighted by Gasteiger charge is 2.14. The van der Waals surface area contributed by atoms with Gasteiger partial charge in [0.2, 0.25) is 5.95 Å². The Bertz CT molecular complexity index is 1080. The van der Waals surface area contributed by atoms with E-state index in [1.165, 1.54) is 11.1 Å². The molecule has 4 aromatic rings. The number of hydrogen-bond acceptors (Lipinski definition) is 5. The van der Waals surface area contributed by atoms with Gasteiger partial charge in [0.1, 0.15) is 17.1 Å². The number of rotatable bonds is 7. The van der Waals surface area contributed by atoms with E-state index in [1.54, 1.807) is 7.11 Å². The lowest BCUT2D eigenvalue weighted by atomic mass is 10.2. The lowest BCUT2D eigenvalue weighted by Crippen LogP contribution is -2.20. The minimum absolute atomic E-state index is 0.654. The Hall–Kier alpha value is -3.60. The quantitative estimate of drug-likeness (QED) is 0.492. The molecule has 0 aliphatic heterocycles. The summed E-state index contributed by atoms with van der Waals surface area (Å²) >= 11 is 0. The largest absolute Gasteiger partial charge is 0.494 e. The predicted molar refractivity (Wildman–Crippen MR) is 118 cm³/mol. The van der Waals surface area contributed by atoms with Gasteiger partial charge >= 0.3 is 0 Å². The average Bonchev–Trinajstić information content (AvgIpc) is 2.78. The van der Waals surface area contributed by atoms with E-state index in [2.05, 4.69) is 34.5 Å². The molecule has 1 aromatic heterocycles. The van der Waals surface area contributed by atoms with Crippen LogP contribution in [0.2, 0.25) is 0 Å². The van der Waals surface area contributed by atoms with Crippen molar-refractivity contribution in [3.63, 3.8) is 0 Å². The Balaban J connectivity index is 1.70. The maximum Gasteiger partial charge on any atom is 0.228 e. The molecule has 0 aliphatic carbocycles. The van der Waals surface area contributed by atoms with Crippen molar-refractivity contribution in [3.8, 4) is 5.75 Å². The number of methoxy groups -OCH3 is 1. The molecular weight excluding hydrogens is 360 g/mol. The molecule has 0 saturated heterocycles. The van der Waals surface area contributed by atoms with E-state index in [0.29, 0.717) is 12.5 Å². The number of ether oxygens (including phenoxy) is 1. The average molecular weight is 384 g/mol. The number of aromatic nitrogens is 2. The number of nitrogens with zero attached hydrogens (tertiary/aromatic N) is 3. The fraction of sp³-hybridized carbons (Fsp3) is 0.167. The van der Waals surface area contributed by atoms with Crippen LogP contribution in [0, 0.1) is 0 Å². The lowest BCUT2D eigenvalue weighted by Gasteiger charge is -2.20. The van der Waals surface area contributed by atoms with E-state index >= 15 is 0 Å². The van der Waals surface area contributed by atoms with E-state index in [1.807, 2.05) is 61.6 Å².